The number of hydrogen-bond acceptors (Lipinski definition) is 3. The van der Waals surface area contributed by atoms with E-state index in [0.29, 0.717) is 35.3 Å². The molecule has 1 aromatic carbocycles. The molecule has 0 aromatic heterocycles. The first kappa shape index (κ1) is 19.6. The standard InChI is InChI=1S/C16H22Cl2N2O3/c1-2-23-15(21)7-5-3-4-6-10-19-16(22)20-12-8-9-13(17)14(18)11-12/h8-9,11H,2-7,10H2,1H3,(H2,19,20,22). The van der Waals surface area contributed by atoms with Gasteiger partial charge in [-0.05, 0) is 38.0 Å². The molecule has 0 fully saturated rings. The molecule has 0 saturated carbocycles. The number of halogens is 2. The first-order valence-corrected chi connectivity index (χ1v) is 8.44. The van der Waals surface area contributed by atoms with Gasteiger partial charge in [0.2, 0.25) is 0 Å². The van der Waals surface area contributed by atoms with Gasteiger partial charge in [0, 0.05) is 18.7 Å². The third-order valence-electron chi connectivity index (χ3n) is 3.08. The van der Waals surface area contributed by atoms with E-state index in [1.54, 1.807) is 25.1 Å². The Labute approximate surface area is 146 Å². The van der Waals surface area contributed by atoms with E-state index < -0.39 is 0 Å². The molecule has 23 heavy (non-hydrogen) atoms. The zero-order chi connectivity index (χ0) is 17.1. The molecule has 128 valence electrons. The topological polar surface area (TPSA) is 67.4 Å². The summed E-state index contributed by atoms with van der Waals surface area (Å²) >= 11 is 11.7. The lowest BCUT2D eigenvalue weighted by Gasteiger charge is -2.08. The average molecular weight is 361 g/mol. The first-order chi connectivity index (χ1) is 11.0. The molecule has 0 spiro atoms. The molecular weight excluding hydrogens is 339 g/mol. The molecule has 0 radical (unpaired) electrons. The summed E-state index contributed by atoms with van der Waals surface area (Å²) in [5.74, 6) is -0.147. The second kappa shape index (κ2) is 11.1. The molecule has 7 heteroatoms. The maximum Gasteiger partial charge on any atom is 0.319 e. The number of amides is 2. The van der Waals surface area contributed by atoms with E-state index in [1.165, 1.54) is 0 Å². The highest BCUT2D eigenvalue weighted by atomic mass is 35.5. The van der Waals surface area contributed by atoms with Gasteiger partial charge in [0.1, 0.15) is 0 Å². The second-order valence-corrected chi connectivity index (χ2v) is 5.79. The molecule has 2 N–H and O–H groups in total. The molecular formula is C16H22Cl2N2O3. The Morgan fingerprint density at radius 1 is 1.09 bits per heavy atom. The highest BCUT2D eigenvalue weighted by molar-refractivity contribution is 6.42. The van der Waals surface area contributed by atoms with Gasteiger partial charge in [0.15, 0.2) is 0 Å². The highest BCUT2D eigenvalue weighted by Gasteiger charge is 2.04. The summed E-state index contributed by atoms with van der Waals surface area (Å²) in [6, 6.07) is 4.63. The molecule has 0 heterocycles. The van der Waals surface area contributed by atoms with Gasteiger partial charge in [-0.3, -0.25) is 4.79 Å². The second-order valence-electron chi connectivity index (χ2n) is 4.98. The number of unbranched alkanes of at least 4 members (excludes halogenated alkanes) is 3. The molecule has 5 nitrogen and oxygen atoms in total. The Bertz CT molecular complexity index is 524. The fraction of sp³-hybridized carbons (Fsp3) is 0.500. The van der Waals surface area contributed by atoms with E-state index in [1.807, 2.05) is 0 Å². The van der Waals surface area contributed by atoms with Crippen LogP contribution in [0.1, 0.15) is 39.0 Å². The minimum Gasteiger partial charge on any atom is -0.466 e. The molecule has 0 aliphatic heterocycles. The van der Waals surface area contributed by atoms with Gasteiger partial charge in [0.25, 0.3) is 0 Å². The highest BCUT2D eigenvalue weighted by Crippen LogP contribution is 2.24. The van der Waals surface area contributed by atoms with Gasteiger partial charge in [-0.2, -0.15) is 0 Å². The van der Waals surface area contributed by atoms with Crippen LogP contribution in [0, 0.1) is 0 Å². The van der Waals surface area contributed by atoms with Crippen LogP contribution in [0.25, 0.3) is 0 Å². The Morgan fingerprint density at radius 3 is 2.52 bits per heavy atom. The summed E-state index contributed by atoms with van der Waals surface area (Å²) < 4.78 is 4.85. The normalized spacial score (nSPS) is 10.2. The number of nitrogens with one attached hydrogen (secondary N) is 2. The third kappa shape index (κ3) is 8.67. The number of rotatable bonds is 9. The number of benzene rings is 1. The summed E-state index contributed by atoms with van der Waals surface area (Å²) in [6.07, 6.45) is 4.02. The lowest BCUT2D eigenvalue weighted by atomic mass is 10.1. The van der Waals surface area contributed by atoms with Crippen LogP contribution in [-0.2, 0) is 9.53 Å². The van der Waals surface area contributed by atoms with E-state index in [-0.39, 0.29) is 12.0 Å². The summed E-state index contributed by atoms with van der Waals surface area (Å²) in [5.41, 5.74) is 0.589. The van der Waals surface area contributed by atoms with E-state index >= 15 is 0 Å². The van der Waals surface area contributed by atoms with E-state index in [4.69, 9.17) is 27.9 Å². The van der Waals surface area contributed by atoms with Gasteiger partial charge >= 0.3 is 12.0 Å². The third-order valence-corrected chi connectivity index (χ3v) is 3.82. The molecule has 0 aliphatic rings. The maximum atomic E-state index is 11.7. The monoisotopic (exact) mass is 360 g/mol. The summed E-state index contributed by atoms with van der Waals surface area (Å²) in [6.45, 7) is 2.80. The molecule has 0 unspecified atom stereocenters. The van der Waals surface area contributed by atoms with Crippen LogP contribution in [0.3, 0.4) is 0 Å². The van der Waals surface area contributed by atoms with E-state index in [2.05, 4.69) is 10.6 Å². The van der Waals surface area contributed by atoms with Crippen LogP contribution in [0.2, 0.25) is 10.0 Å². The zero-order valence-corrected chi connectivity index (χ0v) is 14.7. The zero-order valence-electron chi connectivity index (χ0n) is 13.2. The van der Waals surface area contributed by atoms with Crippen molar-refractivity contribution in [1.29, 1.82) is 0 Å². The first-order valence-electron chi connectivity index (χ1n) is 7.68. The van der Waals surface area contributed by atoms with Crippen molar-refractivity contribution in [2.45, 2.75) is 39.0 Å². The predicted octanol–water partition coefficient (Wildman–Crippen LogP) is 4.63. The van der Waals surface area contributed by atoms with Crippen molar-refractivity contribution in [3.63, 3.8) is 0 Å². The van der Waals surface area contributed by atoms with E-state index in [0.717, 1.165) is 25.7 Å². The van der Waals surface area contributed by atoms with Crippen molar-refractivity contribution in [3.05, 3.63) is 28.2 Å². The predicted molar refractivity (Wildman–Crippen MR) is 93.2 cm³/mol. The Hall–Kier alpha value is -1.46. The van der Waals surface area contributed by atoms with Crippen LogP contribution >= 0.6 is 23.2 Å². The van der Waals surface area contributed by atoms with Crippen LogP contribution < -0.4 is 10.6 Å². The fourth-order valence-electron chi connectivity index (χ4n) is 1.93. The number of carbonyl (C=O) groups is 2. The minimum absolute atomic E-state index is 0.147. The van der Waals surface area contributed by atoms with Crippen LogP contribution in [0.5, 0.6) is 0 Å². The number of esters is 1. The molecule has 2 amide bonds. The van der Waals surface area contributed by atoms with Crippen molar-refractivity contribution in [3.8, 4) is 0 Å². The Balaban J connectivity index is 2.08. The SMILES string of the molecule is CCOC(=O)CCCCCCNC(=O)Nc1ccc(Cl)c(Cl)c1. The lowest BCUT2D eigenvalue weighted by Crippen LogP contribution is -2.29. The van der Waals surface area contributed by atoms with Gasteiger partial charge in [-0.1, -0.05) is 36.0 Å². The minimum atomic E-state index is -0.282. The van der Waals surface area contributed by atoms with Crippen molar-refractivity contribution in [2.24, 2.45) is 0 Å². The van der Waals surface area contributed by atoms with Gasteiger partial charge in [-0.15, -0.1) is 0 Å². The van der Waals surface area contributed by atoms with Crippen molar-refractivity contribution in [1.82, 2.24) is 5.32 Å². The quantitative estimate of drug-likeness (QED) is 0.498. The molecule has 0 aliphatic carbocycles. The lowest BCUT2D eigenvalue weighted by molar-refractivity contribution is -0.143. The number of urea groups is 1. The van der Waals surface area contributed by atoms with Crippen molar-refractivity contribution in [2.75, 3.05) is 18.5 Å². The summed E-state index contributed by atoms with van der Waals surface area (Å²) in [4.78, 5) is 22.8. The molecule has 0 saturated heterocycles. The largest absolute Gasteiger partial charge is 0.466 e. The number of hydrogen-bond donors (Lipinski definition) is 2. The smallest absolute Gasteiger partial charge is 0.319 e. The van der Waals surface area contributed by atoms with Gasteiger partial charge < -0.3 is 15.4 Å². The molecule has 1 rings (SSSR count). The van der Waals surface area contributed by atoms with Crippen molar-refractivity contribution >= 4 is 40.9 Å². The van der Waals surface area contributed by atoms with Gasteiger partial charge in [-0.25, -0.2) is 4.79 Å². The summed E-state index contributed by atoms with van der Waals surface area (Å²) in [5, 5.41) is 6.29. The van der Waals surface area contributed by atoms with Gasteiger partial charge in [0.05, 0.1) is 16.7 Å². The number of anilines is 1. The average Bonchev–Trinajstić information content (AvgIpc) is 2.50. The molecule has 1 aromatic rings. The molecule has 0 atom stereocenters. The van der Waals surface area contributed by atoms with Crippen LogP contribution in [0.4, 0.5) is 10.5 Å². The number of carbonyl (C=O) groups excluding carboxylic acids is 2. The fourth-order valence-corrected chi connectivity index (χ4v) is 2.23. The van der Waals surface area contributed by atoms with E-state index in [9.17, 15) is 9.59 Å². The van der Waals surface area contributed by atoms with Crippen molar-refractivity contribution < 1.29 is 14.3 Å². The molecule has 0 bridgehead atoms. The van der Waals surface area contributed by atoms with Crippen LogP contribution in [0.15, 0.2) is 18.2 Å². The summed E-state index contributed by atoms with van der Waals surface area (Å²) in [7, 11) is 0. The Morgan fingerprint density at radius 2 is 1.83 bits per heavy atom. The Kier molecular flexibility index (Phi) is 9.48. The van der Waals surface area contributed by atoms with Crippen LogP contribution in [-0.4, -0.2) is 25.2 Å². The number of ether oxygens (including phenoxy) is 1. The maximum absolute atomic E-state index is 11.7.